The molecule has 0 N–H and O–H groups in total. The predicted molar refractivity (Wildman–Crippen MR) is 101 cm³/mol. The maximum absolute atomic E-state index is 12.4. The van der Waals surface area contributed by atoms with Crippen LogP contribution in [0.5, 0.6) is 0 Å². The largest absolute Gasteiger partial charge is 0.465 e. The fourth-order valence-corrected chi connectivity index (χ4v) is 3.85. The lowest BCUT2D eigenvalue weighted by molar-refractivity contribution is 0.0601. The van der Waals surface area contributed by atoms with Gasteiger partial charge in [-0.25, -0.2) is 4.79 Å². The van der Waals surface area contributed by atoms with Gasteiger partial charge in [0.05, 0.1) is 22.9 Å². The summed E-state index contributed by atoms with van der Waals surface area (Å²) in [5, 5.41) is 0. The zero-order valence-corrected chi connectivity index (χ0v) is 16.1. The molecule has 0 aliphatic rings. The number of carbonyl (C=O) groups excluding carboxylic acids is 2. The van der Waals surface area contributed by atoms with Gasteiger partial charge in [-0.1, -0.05) is 27.3 Å². The quantitative estimate of drug-likeness (QED) is 0.603. The number of hydrogen-bond acceptors (Lipinski definition) is 4. The SMILES string of the molecule is CCn1c(=NC(=O)c2ccc(Br)cc2)sc2cc(C(=O)OC)ccc21. The van der Waals surface area contributed by atoms with Gasteiger partial charge in [0.15, 0.2) is 4.80 Å². The van der Waals surface area contributed by atoms with E-state index < -0.39 is 0 Å². The zero-order chi connectivity index (χ0) is 18.0. The van der Waals surface area contributed by atoms with E-state index in [2.05, 4.69) is 20.9 Å². The third-order valence-corrected chi connectivity index (χ3v) is 5.28. The van der Waals surface area contributed by atoms with Gasteiger partial charge in [0.25, 0.3) is 5.91 Å². The summed E-state index contributed by atoms with van der Waals surface area (Å²) in [6, 6.07) is 12.4. The molecule has 1 heterocycles. The molecule has 1 amide bonds. The number of thiazole rings is 1. The van der Waals surface area contributed by atoms with Crippen molar-refractivity contribution in [1.29, 1.82) is 0 Å². The topological polar surface area (TPSA) is 60.7 Å². The Bertz CT molecular complexity index is 1020. The number of carbonyl (C=O) groups is 2. The van der Waals surface area contributed by atoms with Crippen molar-refractivity contribution in [2.45, 2.75) is 13.5 Å². The highest BCUT2D eigenvalue weighted by Crippen LogP contribution is 2.20. The van der Waals surface area contributed by atoms with E-state index in [0.29, 0.717) is 22.5 Å². The first-order valence-electron chi connectivity index (χ1n) is 7.60. The summed E-state index contributed by atoms with van der Waals surface area (Å²) in [4.78, 5) is 29.0. The molecule has 0 atom stereocenters. The Morgan fingerprint density at radius 1 is 1.16 bits per heavy atom. The average Bonchev–Trinajstić information content (AvgIpc) is 2.97. The highest BCUT2D eigenvalue weighted by Gasteiger charge is 2.12. The number of methoxy groups -OCH3 is 1. The molecule has 0 radical (unpaired) electrons. The van der Waals surface area contributed by atoms with Crippen molar-refractivity contribution >= 4 is 49.4 Å². The first kappa shape index (κ1) is 17.6. The molecule has 0 unspecified atom stereocenters. The molecule has 5 nitrogen and oxygen atoms in total. The Balaban J connectivity index is 2.10. The molecule has 1 aromatic heterocycles. The van der Waals surface area contributed by atoms with Crippen molar-refractivity contribution < 1.29 is 14.3 Å². The van der Waals surface area contributed by atoms with Crippen molar-refractivity contribution in [2.24, 2.45) is 4.99 Å². The predicted octanol–water partition coefficient (Wildman–Crippen LogP) is 4.01. The number of esters is 1. The van der Waals surface area contributed by atoms with Gasteiger partial charge in [0.2, 0.25) is 0 Å². The van der Waals surface area contributed by atoms with Gasteiger partial charge < -0.3 is 9.30 Å². The van der Waals surface area contributed by atoms with Gasteiger partial charge in [-0.3, -0.25) is 4.79 Å². The number of fused-ring (bicyclic) bond motifs is 1. The van der Waals surface area contributed by atoms with E-state index in [0.717, 1.165) is 14.7 Å². The number of amides is 1. The van der Waals surface area contributed by atoms with Crippen molar-refractivity contribution in [2.75, 3.05) is 7.11 Å². The van der Waals surface area contributed by atoms with Crippen molar-refractivity contribution in [1.82, 2.24) is 4.57 Å². The number of hydrogen-bond donors (Lipinski definition) is 0. The minimum absolute atomic E-state index is 0.297. The van der Waals surface area contributed by atoms with Gasteiger partial charge in [-0.2, -0.15) is 4.99 Å². The lowest BCUT2D eigenvalue weighted by Gasteiger charge is -2.02. The number of nitrogens with zero attached hydrogens (tertiary/aromatic N) is 2. The highest BCUT2D eigenvalue weighted by molar-refractivity contribution is 9.10. The number of aryl methyl sites for hydroxylation is 1. The van der Waals surface area contributed by atoms with E-state index >= 15 is 0 Å². The molecule has 25 heavy (non-hydrogen) atoms. The molecule has 0 saturated carbocycles. The zero-order valence-electron chi connectivity index (χ0n) is 13.7. The average molecular weight is 419 g/mol. The summed E-state index contributed by atoms with van der Waals surface area (Å²) in [5.74, 6) is -0.683. The molecule has 0 fully saturated rings. The van der Waals surface area contributed by atoms with Gasteiger partial charge in [0, 0.05) is 16.6 Å². The second-order valence-electron chi connectivity index (χ2n) is 5.23. The van der Waals surface area contributed by atoms with Gasteiger partial charge in [-0.15, -0.1) is 0 Å². The molecule has 3 aromatic rings. The third kappa shape index (κ3) is 3.57. The summed E-state index contributed by atoms with van der Waals surface area (Å²) in [6.07, 6.45) is 0. The smallest absolute Gasteiger partial charge is 0.337 e. The Kier molecular flexibility index (Phi) is 5.15. The molecule has 128 valence electrons. The summed E-state index contributed by atoms with van der Waals surface area (Å²) in [6.45, 7) is 2.66. The summed E-state index contributed by atoms with van der Waals surface area (Å²) < 4.78 is 8.50. The molecule has 0 bridgehead atoms. The lowest BCUT2D eigenvalue weighted by atomic mass is 10.2. The normalized spacial score (nSPS) is 11.7. The van der Waals surface area contributed by atoms with Crippen LogP contribution in [0.1, 0.15) is 27.6 Å². The monoisotopic (exact) mass is 418 g/mol. The second kappa shape index (κ2) is 7.33. The van der Waals surface area contributed by atoms with Crippen LogP contribution in [0, 0.1) is 0 Å². The van der Waals surface area contributed by atoms with E-state index in [9.17, 15) is 9.59 Å². The summed E-state index contributed by atoms with van der Waals surface area (Å²) in [5.41, 5.74) is 1.94. The third-order valence-electron chi connectivity index (χ3n) is 3.71. The van der Waals surface area contributed by atoms with E-state index in [4.69, 9.17) is 4.74 Å². The minimum Gasteiger partial charge on any atom is -0.465 e. The molecular formula is C18H15BrN2O3S. The molecule has 0 aliphatic carbocycles. The van der Waals surface area contributed by atoms with Crippen LogP contribution in [0.15, 0.2) is 51.9 Å². The summed E-state index contributed by atoms with van der Waals surface area (Å²) in [7, 11) is 1.35. The Morgan fingerprint density at radius 2 is 1.84 bits per heavy atom. The van der Waals surface area contributed by atoms with E-state index in [1.165, 1.54) is 18.4 Å². The van der Waals surface area contributed by atoms with Crippen LogP contribution in [0.4, 0.5) is 0 Å². The number of aromatic nitrogens is 1. The standard InChI is InChI=1S/C18H15BrN2O3S/c1-3-21-14-9-6-12(17(23)24-2)10-15(14)25-18(21)20-16(22)11-4-7-13(19)8-5-11/h4-10H,3H2,1-2H3. The van der Waals surface area contributed by atoms with E-state index in [1.807, 2.05) is 29.7 Å². The van der Waals surface area contributed by atoms with Crippen LogP contribution in [0.25, 0.3) is 10.2 Å². The summed E-state index contributed by atoms with van der Waals surface area (Å²) >= 11 is 4.73. The van der Waals surface area contributed by atoms with Crippen LogP contribution in [-0.2, 0) is 11.3 Å². The van der Waals surface area contributed by atoms with Crippen LogP contribution >= 0.6 is 27.3 Å². The highest BCUT2D eigenvalue weighted by atomic mass is 79.9. The number of rotatable bonds is 3. The maximum atomic E-state index is 12.4. The Hall–Kier alpha value is -2.25. The van der Waals surface area contributed by atoms with Crippen LogP contribution < -0.4 is 4.80 Å². The molecule has 2 aromatic carbocycles. The number of benzene rings is 2. The Labute approximate surface area is 156 Å². The minimum atomic E-state index is -0.386. The fourth-order valence-electron chi connectivity index (χ4n) is 2.45. The van der Waals surface area contributed by atoms with E-state index in [1.54, 1.807) is 24.3 Å². The van der Waals surface area contributed by atoms with Crippen molar-refractivity contribution in [3.8, 4) is 0 Å². The van der Waals surface area contributed by atoms with E-state index in [-0.39, 0.29) is 11.9 Å². The first-order chi connectivity index (χ1) is 12.0. The second-order valence-corrected chi connectivity index (χ2v) is 7.15. The molecule has 3 rings (SSSR count). The van der Waals surface area contributed by atoms with Crippen LogP contribution in [-0.4, -0.2) is 23.6 Å². The van der Waals surface area contributed by atoms with Crippen molar-refractivity contribution in [3.63, 3.8) is 0 Å². The molecule has 0 aliphatic heterocycles. The number of ether oxygens (including phenoxy) is 1. The molecule has 7 heteroatoms. The van der Waals surface area contributed by atoms with Crippen molar-refractivity contribution in [3.05, 3.63) is 62.9 Å². The molecule has 0 saturated heterocycles. The molecular weight excluding hydrogens is 404 g/mol. The lowest BCUT2D eigenvalue weighted by Crippen LogP contribution is -2.15. The number of halogens is 1. The van der Waals surface area contributed by atoms with Gasteiger partial charge >= 0.3 is 5.97 Å². The Morgan fingerprint density at radius 3 is 2.48 bits per heavy atom. The van der Waals surface area contributed by atoms with Gasteiger partial charge in [-0.05, 0) is 49.4 Å². The maximum Gasteiger partial charge on any atom is 0.337 e. The van der Waals surface area contributed by atoms with Crippen LogP contribution in [0.3, 0.4) is 0 Å². The van der Waals surface area contributed by atoms with Gasteiger partial charge in [0.1, 0.15) is 0 Å². The van der Waals surface area contributed by atoms with Crippen LogP contribution in [0.2, 0.25) is 0 Å². The first-order valence-corrected chi connectivity index (χ1v) is 9.20. The molecule has 0 spiro atoms. The fraction of sp³-hybridized carbons (Fsp3) is 0.167.